The molecule has 0 aliphatic carbocycles. The highest BCUT2D eigenvalue weighted by atomic mass is 16.5. The summed E-state index contributed by atoms with van der Waals surface area (Å²) in [4.78, 5) is 4.47. The van der Waals surface area contributed by atoms with Gasteiger partial charge >= 0.3 is 0 Å². The van der Waals surface area contributed by atoms with Gasteiger partial charge in [0.15, 0.2) is 0 Å². The summed E-state index contributed by atoms with van der Waals surface area (Å²) in [6.45, 7) is 0.676. The number of fused-ring (bicyclic) bond motifs is 1. The molecular formula is C20H19NO2. The number of methoxy groups -OCH3 is 1. The van der Waals surface area contributed by atoms with Crippen molar-refractivity contribution in [3.8, 4) is 11.5 Å². The first-order valence-electron chi connectivity index (χ1n) is 7.61. The first kappa shape index (κ1) is 15.1. The molecule has 3 aromatic carbocycles. The van der Waals surface area contributed by atoms with Gasteiger partial charge in [-0.1, -0.05) is 42.5 Å². The van der Waals surface area contributed by atoms with Crippen LogP contribution in [0.4, 0.5) is 0 Å². The normalized spacial score (nSPS) is 11.2. The number of benzene rings is 3. The lowest BCUT2D eigenvalue weighted by atomic mass is 10.0. The molecule has 0 bridgehead atoms. The van der Waals surface area contributed by atoms with Crippen molar-refractivity contribution in [3.05, 3.63) is 71.8 Å². The summed E-state index contributed by atoms with van der Waals surface area (Å²) in [6, 6.07) is 19.6. The highest BCUT2D eigenvalue weighted by molar-refractivity contribution is 6.02. The van der Waals surface area contributed by atoms with Crippen LogP contribution in [-0.4, -0.2) is 25.0 Å². The van der Waals surface area contributed by atoms with E-state index in [0.717, 1.165) is 28.5 Å². The maximum absolute atomic E-state index is 10.1. The van der Waals surface area contributed by atoms with Gasteiger partial charge < -0.3 is 9.84 Å². The molecule has 0 atom stereocenters. The van der Waals surface area contributed by atoms with Gasteiger partial charge in [-0.25, -0.2) is 0 Å². The van der Waals surface area contributed by atoms with Crippen LogP contribution in [0, 0.1) is 0 Å². The fourth-order valence-electron chi connectivity index (χ4n) is 2.56. The number of hydrogen-bond donors (Lipinski definition) is 1. The molecule has 3 aromatic rings. The summed E-state index contributed by atoms with van der Waals surface area (Å²) >= 11 is 0. The SMILES string of the molecule is COc1ccc(CCN=Cc2c(O)ccc3ccccc23)cc1. The van der Waals surface area contributed by atoms with Gasteiger partial charge in [-0.15, -0.1) is 0 Å². The minimum Gasteiger partial charge on any atom is -0.507 e. The Morgan fingerprint density at radius 1 is 1.00 bits per heavy atom. The van der Waals surface area contributed by atoms with Gasteiger partial charge in [-0.2, -0.15) is 0 Å². The molecule has 0 saturated heterocycles. The van der Waals surface area contributed by atoms with Gasteiger partial charge in [0.05, 0.1) is 7.11 Å². The summed E-state index contributed by atoms with van der Waals surface area (Å²) in [6.07, 6.45) is 2.62. The molecule has 0 heterocycles. The van der Waals surface area contributed by atoms with E-state index in [2.05, 4.69) is 4.99 Å². The smallest absolute Gasteiger partial charge is 0.124 e. The lowest BCUT2D eigenvalue weighted by molar-refractivity contribution is 0.414. The third-order valence-corrected chi connectivity index (χ3v) is 3.86. The number of phenols is 1. The first-order valence-corrected chi connectivity index (χ1v) is 7.61. The molecule has 3 nitrogen and oxygen atoms in total. The van der Waals surface area contributed by atoms with Crippen molar-refractivity contribution < 1.29 is 9.84 Å². The van der Waals surface area contributed by atoms with Crippen molar-refractivity contribution in [2.75, 3.05) is 13.7 Å². The Kier molecular flexibility index (Phi) is 4.57. The molecule has 0 aromatic heterocycles. The summed E-state index contributed by atoms with van der Waals surface area (Å²) in [7, 11) is 1.66. The third kappa shape index (κ3) is 3.51. The summed E-state index contributed by atoms with van der Waals surface area (Å²) in [5.41, 5.74) is 1.99. The van der Waals surface area contributed by atoms with Gasteiger partial charge in [0.25, 0.3) is 0 Å². The van der Waals surface area contributed by atoms with Crippen molar-refractivity contribution >= 4 is 17.0 Å². The van der Waals surface area contributed by atoms with Crippen molar-refractivity contribution in [1.82, 2.24) is 0 Å². The van der Waals surface area contributed by atoms with Crippen LogP contribution in [0.2, 0.25) is 0 Å². The van der Waals surface area contributed by atoms with Crippen LogP contribution >= 0.6 is 0 Å². The second kappa shape index (κ2) is 6.97. The van der Waals surface area contributed by atoms with Gasteiger partial charge in [0.1, 0.15) is 11.5 Å². The number of phenolic OH excluding ortho intramolecular Hbond substituents is 1. The summed E-state index contributed by atoms with van der Waals surface area (Å²) in [5, 5.41) is 12.2. The van der Waals surface area contributed by atoms with Crippen LogP contribution in [0.25, 0.3) is 10.8 Å². The molecule has 0 aliphatic heterocycles. The van der Waals surface area contributed by atoms with E-state index in [1.807, 2.05) is 54.6 Å². The molecule has 0 fully saturated rings. The van der Waals surface area contributed by atoms with E-state index < -0.39 is 0 Å². The molecule has 116 valence electrons. The number of hydrogen-bond acceptors (Lipinski definition) is 3. The Morgan fingerprint density at radius 3 is 2.57 bits per heavy atom. The third-order valence-electron chi connectivity index (χ3n) is 3.86. The Hall–Kier alpha value is -2.81. The molecule has 3 heteroatoms. The van der Waals surface area contributed by atoms with Gasteiger partial charge in [0.2, 0.25) is 0 Å². The molecule has 0 spiro atoms. The maximum Gasteiger partial charge on any atom is 0.124 e. The molecular weight excluding hydrogens is 286 g/mol. The van der Waals surface area contributed by atoms with E-state index in [9.17, 15) is 5.11 Å². The second-order valence-electron chi connectivity index (χ2n) is 5.35. The standard InChI is InChI=1S/C20H19NO2/c1-23-17-9-6-15(7-10-17)12-13-21-14-19-18-5-3-2-4-16(18)8-11-20(19)22/h2-11,14,22H,12-13H2,1H3. The molecule has 0 radical (unpaired) electrons. The van der Waals surface area contributed by atoms with Crippen LogP contribution in [0.1, 0.15) is 11.1 Å². The second-order valence-corrected chi connectivity index (χ2v) is 5.35. The predicted octanol–water partition coefficient (Wildman–Crippen LogP) is 4.22. The van der Waals surface area contributed by atoms with Gasteiger partial charge in [-0.3, -0.25) is 4.99 Å². The molecule has 23 heavy (non-hydrogen) atoms. The van der Waals surface area contributed by atoms with Crippen LogP contribution in [0.15, 0.2) is 65.7 Å². The van der Waals surface area contributed by atoms with Crippen LogP contribution in [0.5, 0.6) is 11.5 Å². The number of aliphatic imine (C=N–C) groups is 1. The van der Waals surface area contributed by atoms with E-state index in [1.54, 1.807) is 19.4 Å². The van der Waals surface area contributed by atoms with Crippen molar-refractivity contribution in [2.24, 2.45) is 4.99 Å². The summed E-state index contributed by atoms with van der Waals surface area (Å²) in [5.74, 6) is 1.12. The van der Waals surface area contributed by atoms with E-state index in [-0.39, 0.29) is 5.75 Å². The van der Waals surface area contributed by atoms with Crippen molar-refractivity contribution in [3.63, 3.8) is 0 Å². The average Bonchev–Trinajstić information content (AvgIpc) is 2.60. The quantitative estimate of drug-likeness (QED) is 0.717. The fourth-order valence-corrected chi connectivity index (χ4v) is 2.56. The zero-order valence-electron chi connectivity index (χ0n) is 13.1. The van der Waals surface area contributed by atoms with Gasteiger partial charge in [0, 0.05) is 18.3 Å². The minimum atomic E-state index is 0.261. The van der Waals surface area contributed by atoms with E-state index in [4.69, 9.17) is 4.74 Å². The zero-order valence-corrected chi connectivity index (χ0v) is 13.1. The Morgan fingerprint density at radius 2 is 1.78 bits per heavy atom. The van der Waals surface area contributed by atoms with Crippen LogP contribution in [-0.2, 0) is 6.42 Å². The number of ether oxygens (including phenoxy) is 1. The molecule has 0 saturated carbocycles. The molecule has 1 N–H and O–H groups in total. The average molecular weight is 305 g/mol. The maximum atomic E-state index is 10.1. The Bertz CT molecular complexity index is 823. The monoisotopic (exact) mass is 305 g/mol. The molecule has 0 amide bonds. The summed E-state index contributed by atoms with van der Waals surface area (Å²) < 4.78 is 5.15. The van der Waals surface area contributed by atoms with Crippen molar-refractivity contribution in [2.45, 2.75) is 6.42 Å². The molecule has 0 unspecified atom stereocenters. The number of aromatic hydroxyl groups is 1. The lowest BCUT2D eigenvalue weighted by Crippen LogP contribution is -1.92. The van der Waals surface area contributed by atoms with E-state index >= 15 is 0 Å². The predicted molar refractivity (Wildman–Crippen MR) is 94.8 cm³/mol. The highest BCUT2D eigenvalue weighted by Gasteiger charge is 2.03. The van der Waals surface area contributed by atoms with E-state index in [1.165, 1.54) is 5.56 Å². The number of nitrogens with zero attached hydrogens (tertiary/aromatic N) is 1. The largest absolute Gasteiger partial charge is 0.507 e. The number of rotatable bonds is 5. The first-order chi connectivity index (χ1) is 11.3. The van der Waals surface area contributed by atoms with E-state index in [0.29, 0.717) is 6.54 Å². The van der Waals surface area contributed by atoms with Crippen LogP contribution in [0.3, 0.4) is 0 Å². The molecule has 0 aliphatic rings. The highest BCUT2D eigenvalue weighted by Crippen LogP contribution is 2.25. The fraction of sp³-hybridized carbons (Fsp3) is 0.150. The van der Waals surface area contributed by atoms with Crippen LogP contribution < -0.4 is 4.74 Å². The Balaban J connectivity index is 1.71. The van der Waals surface area contributed by atoms with Gasteiger partial charge in [-0.05, 0) is 41.0 Å². The topological polar surface area (TPSA) is 41.8 Å². The zero-order chi connectivity index (χ0) is 16.1. The van der Waals surface area contributed by atoms with Crippen molar-refractivity contribution in [1.29, 1.82) is 0 Å². The molecule has 3 rings (SSSR count). The lowest BCUT2D eigenvalue weighted by Gasteiger charge is -2.05. The Labute approximate surface area is 135 Å². The minimum absolute atomic E-state index is 0.261.